The van der Waals surface area contributed by atoms with Gasteiger partial charge in [0.15, 0.2) is 0 Å². The minimum absolute atomic E-state index is 1.00. The Morgan fingerprint density at radius 3 is 0.933 bits per heavy atom. The fraction of sp³-hybridized carbons (Fsp3) is 1.00. The molecule has 2 saturated heterocycles. The molecular weight excluding hydrogens is 190 g/mol. The molecule has 0 saturated carbocycles. The fourth-order valence-electron chi connectivity index (χ4n) is 0.959. The van der Waals surface area contributed by atoms with E-state index < -0.39 is 0 Å². The van der Waals surface area contributed by atoms with Gasteiger partial charge in [-0.25, -0.2) is 0 Å². The molecule has 2 aliphatic heterocycles. The Bertz CT molecular complexity index is 86.7. The topological polar surface area (TPSA) is 21.7 Å². The highest BCUT2D eigenvalue weighted by atomic mass is 16.5. The van der Waals surface area contributed by atoms with E-state index in [2.05, 4.69) is 25.7 Å². The van der Waals surface area contributed by atoms with Gasteiger partial charge in [0, 0.05) is 26.4 Å². The minimum Gasteiger partial charge on any atom is -0.381 e. The molecule has 0 unspecified atom stereocenters. The van der Waals surface area contributed by atoms with Gasteiger partial charge in [0.1, 0.15) is 0 Å². The van der Waals surface area contributed by atoms with Gasteiger partial charge in [0.25, 0.3) is 0 Å². The lowest BCUT2D eigenvalue weighted by Gasteiger charge is -2.13. The number of ether oxygens (including phenoxy) is 2. The average Bonchev–Trinajstić information content (AvgIpc) is 2.01. The molecular formula is C12H27NO2. The van der Waals surface area contributed by atoms with Crippen LogP contribution in [0.4, 0.5) is 0 Å². The summed E-state index contributed by atoms with van der Waals surface area (Å²) in [5.41, 5.74) is 0. The van der Waals surface area contributed by atoms with Gasteiger partial charge in [0.2, 0.25) is 0 Å². The van der Waals surface area contributed by atoms with Crippen LogP contribution < -0.4 is 0 Å². The van der Waals surface area contributed by atoms with E-state index in [4.69, 9.17) is 9.47 Å². The number of hydrogen-bond donors (Lipinski definition) is 0. The van der Waals surface area contributed by atoms with Crippen molar-refractivity contribution >= 4 is 0 Å². The summed E-state index contributed by atoms with van der Waals surface area (Å²) in [6.45, 7) is 14.1. The average molecular weight is 217 g/mol. The monoisotopic (exact) mass is 217 g/mol. The highest BCUT2D eigenvalue weighted by molar-refractivity contribution is 4.44. The molecule has 15 heavy (non-hydrogen) atoms. The first-order valence-corrected chi connectivity index (χ1v) is 6.22. The SMILES string of the molecule is C1COC1.C1COC1.CCN(CC)CC. The molecule has 3 nitrogen and oxygen atoms in total. The van der Waals surface area contributed by atoms with Crippen molar-refractivity contribution < 1.29 is 9.47 Å². The Labute approximate surface area is 94.7 Å². The first kappa shape index (κ1) is 14.9. The summed E-state index contributed by atoms with van der Waals surface area (Å²) in [6, 6.07) is 0. The zero-order valence-electron chi connectivity index (χ0n) is 10.6. The van der Waals surface area contributed by atoms with Crippen molar-refractivity contribution in [2.24, 2.45) is 0 Å². The molecule has 2 aliphatic rings. The first-order chi connectivity index (χ1) is 7.35. The number of nitrogens with zero attached hydrogens (tertiary/aromatic N) is 1. The van der Waals surface area contributed by atoms with E-state index in [-0.39, 0.29) is 0 Å². The van der Waals surface area contributed by atoms with Crippen molar-refractivity contribution in [2.45, 2.75) is 33.6 Å². The predicted octanol–water partition coefficient (Wildman–Crippen LogP) is 2.16. The van der Waals surface area contributed by atoms with Gasteiger partial charge in [-0.15, -0.1) is 0 Å². The molecule has 0 bridgehead atoms. The predicted molar refractivity (Wildman–Crippen MR) is 64.3 cm³/mol. The molecule has 0 amide bonds. The summed E-state index contributed by atoms with van der Waals surface area (Å²) in [7, 11) is 0. The van der Waals surface area contributed by atoms with E-state index in [9.17, 15) is 0 Å². The molecule has 2 rings (SSSR count). The second kappa shape index (κ2) is 12.0. The maximum atomic E-state index is 4.72. The van der Waals surface area contributed by atoms with Crippen LogP contribution in [0.25, 0.3) is 0 Å². The molecule has 2 fully saturated rings. The van der Waals surface area contributed by atoms with Gasteiger partial charge in [-0.05, 0) is 32.5 Å². The van der Waals surface area contributed by atoms with Crippen LogP contribution in [0, 0.1) is 0 Å². The van der Waals surface area contributed by atoms with Crippen LogP contribution in [0.3, 0.4) is 0 Å². The Morgan fingerprint density at radius 2 is 0.933 bits per heavy atom. The molecule has 3 heteroatoms. The van der Waals surface area contributed by atoms with E-state index in [0.29, 0.717) is 0 Å². The van der Waals surface area contributed by atoms with Crippen molar-refractivity contribution in [1.29, 1.82) is 0 Å². The first-order valence-electron chi connectivity index (χ1n) is 6.22. The quantitative estimate of drug-likeness (QED) is 0.723. The van der Waals surface area contributed by atoms with E-state index >= 15 is 0 Å². The maximum absolute atomic E-state index is 4.72. The van der Waals surface area contributed by atoms with Crippen LogP contribution >= 0.6 is 0 Å². The smallest absolute Gasteiger partial charge is 0.0488 e. The van der Waals surface area contributed by atoms with Gasteiger partial charge in [-0.2, -0.15) is 0 Å². The molecule has 0 N–H and O–H groups in total. The zero-order valence-corrected chi connectivity index (χ0v) is 10.6. The normalized spacial score (nSPS) is 17.6. The third kappa shape index (κ3) is 10.2. The molecule has 2 heterocycles. The van der Waals surface area contributed by atoms with E-state index in [0.717, 1.165) is 26.4 Å². The van der Waals surface area contributed by atoms with Crippen molar-refractivity contribution in [3.05, 3.63) is 0 Å². The summed E-state index contributed by atoms with van der Waals surface area (Å²) in [4.78, 5) is 2.38. The standard InChI is InChI=1S/C6H15N.2C3H6O/c1-4-7(5-2)6-3;2*1-2-4-3-1/h4-6H2,1-3H3;2*1-3H2. The third-order valence-corrected chi connectivity index (χ3v) is 2.50. The molecule has 0 aromatic carbocycles. The van der Waals surface area contributed by atoms with Crippen LogP contribution in [0.2, 0.25) is 0 Å². The van der Waals surface area contributed by atoms with Gasteiger partial charge in [-0.1, -0.05) is 20.8 Å². The van der Waals surface area contributed by atoms with Crippen molar-refractivity contribution in [3.8, 4) is 0 Å². The summed E-state index contributed by atoms with van der Waals surface area (Å²) in [5.74, 6) is 0. The molecule has 92 valence electrons. The summed E-state index contributed by atoms with van der Waals surface area (Å²) < 4.78 is 9.44. The van der Waals surface area contributed by atoms with Gasteiger partial charge in [0.05, 0.1) is 0 Å². The van der Waals surface area contributed by atoms with Crippen LogP contribution in [0.5, 0.6) is 0 Å². The lowest BCUT2D eigenvalue weighted by atomic mass is 10.4. The van der Waals surface area contributed by atoms with Crippen molar-refractivity contribution in [2.75, 3.05) is 46.1 Å². The molecule has 0 atom stereocenters. The number of hydrogen-bond acceptors (Lipinski definition) is 3. The molecule has 0 radical (unpaired) electrons. The molecule has 0 spiro atoms. The largest absolute Gasteiger partial charge is 0.381 e. The number of rotatable bonds is 3. The second-order valence-electron chi connectivity index (χ2n) is 3.55. The van der Waals surface area contributed by atoms with Crippen LogP contribution in [-0.4, -0.2) is 51.0 Å². The summed E-state index contributed by atoms with van der Waals surface area (Å²) in [6.07, 6.45) is 2.56. The van der Waals surface area contributed by atoms with Crippen LogP contribution in [0.1, 0.15) is 33.6 Å². The Kier molecular flexibility index (Phi) is 11.9. The zero-order chi connectivity index (χ0) is 11.4. The molecule has 0 aromatic rings. The van der Waals surface area contributed by atoms with Crippen LogP contribution in [-0.2, 0) is 9.47 Å². The van der Waals surface area contributed by atoms with Gasteiger partial charge >= 0.3 is 0 Å². The fourth-order valence-corrected chi connectivity index (χ4v) is 0.959. The van der Waals surface area contributed by atoms with Crippen molar-refractivity contribution in [3.63, 3.8) is 0 Å². The van der Waals surface area contributed by atoms with E-state index in [1.165, 1.54) is 32.5 Å². The Morgan fingerprint density at radius 1 is 0.733 bits per heavy atom. The Hall–Kier alpha value is -0.120. The molecule has 0 aliphatic carbocycles. The maximum Gasteiger partial charge on any atom is 0.0488 e. The summed E-state index contributed by atoms with van der Waals surface area (Å²) >= 11 is 0. The Balaban J connectivity index is 0.000000207. The van der Waals surface area contributed by atoms with E-state index in [1.807, 2.05) is 0 Å². The second-order valence-corrected chi connectivity index (χ2v) is 3.55. The summed E-state index contributed by atoms with van der Waals surface area (Å²) in [5, 5.41) is 0. The lowest BCUT2D eigenvalue weighted by Crippen LogP contribution is -2.21. The van der Waals surface area contributed by atoms with E-state index in [1.54, 1.807) is 0 Å². The van der Waals surface area contributed by atoms with Crippen LogP contribution in [0.15, 0.2) is 0 Å². The third-order valence-electron chi connectivity index (χ3n) is 2.50. The molecule has 0 aromatic heterocycles. The lowest BCUT2D eigenvalue weighted by molar-refractivity contribution is 0.0366. The minimum atomic E-state index is 1.00. The highest BCUT2D eigenvalue weighted by Crippen LogP contribution is 1.93. The van der Waals surface area contributed by atoms with Crippen molar-refractivity contribution in [1.82, 2.24) is 4.90 Å². The van der Waals surface area contributed by atoms with Gasteiger partial charge in [-0.3, -0.25) is 0 Å². The highest BCUT2D eigenvalue weighted by Gasteiger charge is 1.94. The van der Waals surface area contributed by atoms with Gasteiger partial charge < -0.3 is 14.4 Å².